The summed E-state index contributed by atoms with van der Waals surface area (Å²) in [5.74, 6) is 2.79. The van der Waals surface area contributed by atoms with Crippen LogP contribution < -0.4 is 15.4 Å². The Morgan fingerprint density at radius 1 is 1.09 bits per heavy atom. The molecule has 1 fully saturated rings. The molecule has 0 spiro atoms. The molecule has 0 aliphatic carbocycles. The average Bonchev–Trinajstić information content (AvgIpc) is 3.14. The fourth-order valence-electron chi connectivity index (χ4n) is 4.24. The Morgan fingerprint density at radius 3 is 2.74 bits per heavy atom. The number of fused-ring (bicyclic) bond motifs is 1. The number of imidazole rings is 1. The Kier molecular flexibility index (Phi) is 6.14. The number of hydrogen-bond acceptors (Lipinski definition) is 6. The van der Waals surface area contributed by atoms with Gasteiger partial charge in [0.1, 0.15) is 17.3 Å². The highest BCUT2D eigenvalue weighted by Crippen LogP contribution is 2.31. The number of nitrogens with zero attached hydrogens (tertiary/aromatic N) is 3. The number of aryl methyl sites for hydroxylation is 1. The summed E-state index contributed by atoms with van der Waals surface area (Å²) in [6, 6.07) is 17.8. The Balaban J connectivity index is 1.35. The van der Waals surface area contributed by atoms with Crippen molar-refractivity contribution in [2.24, 2.45) is 7.05 Å². The summed E-state index contributed by atoms with van der Waals surface area (Å²) in [7, 11) is 1.99. The minimum absolute atomic E-state index is 0.183. The first-order chi connectivity index (χ1) is 16.5. The van der Waals surface area contributed by atoms with Crippen LogP contribution in [0.2, 0.25) is 0 Å². The van der Waals surface area contributed by atoms with Crippen LogP contribution in [0.15, 0.2) is 60.8 Å². The second kappa shape index (κ2) is 9.52. The first-order valence-corrected chi connectivity index (χ1v) is 11.4. The van der Waals surface area contributed by atoms with Crippen molar-refractivity contribution in [3.05, 3.63) is 66.4 Å². The van der Waals surface area contributed by atoms with Crippen LogP contribution in [0.4, 0.5) is 17.5 Å². The second-order valence-corrected chi connectivity index (χ2v) is 8.44. The highest BCUT2D eigenvalue weighted by molar-refractivity contribution is 5.87. The molecule has 34 heavy (non-hydrogen) atoms. The van der Waals surface area contributed by atoms with E-state index >= 15 is 0 Å². The van der Waals surface area contributed by atoms with Crippen LogP contribution in [0.3, 0.4) is 0 Å². The lowest BCUT2D eigenvalue weighted by Crippen LogP contribution is -2.14. The topological polar surface area (TPSA) is 90.3 Å². The quantitative estimate of drug-likeness (QED) is 0.405. The van der Waals surface area contributed by atoms with Crippen LogP contribution in [0.1, 0.15) is 31.2 Å². The lowest BCUT2D eigenvalue weighted by Gasteiger charge is -2.22. The molecule has 1 saturated heterocycles. The molecular formula is C26H27N5O3. The molecule has 0 saturated carbocycles. The summed E-state index contributed by atoms with van der Waals surface area (Å²) in [5, 5.41) is 6.13. The number of rotatable bonds is 6. The lowest BCUT2D eigenvalue weighted by atomic mass is 9.91. The van der Waals surface area contributed by atoms with Crippen molar-refractivity contribution < 1.29 is 14.3 Å². The molecule has 1 aliphatic heterocycles. The average molecular weight is 458 g/mol. The molecule has 1 amide bonds. The monoisotopic (exact) mass is 457 g/mol. The minimum atomic E-state index is -0.183. The highest BCUT2D eigenvalue weighted by atomic mass is 16.5. The number of ether oxygens (including phenoxy) is 2. The van der Waals surface area contributed by atoms with Crippen LogP contribution in [0.25, 0.3) is 11.0 Å². The number of anilines is 3. The van der Waals surface area contributed by atoms with Crippen LogP contribution in [-0.4, -0.2) is 33.7 Å². The SMILES string of the molecule is CC(=O)Nc1cc(Oc2ccc3c(c2)nc(Nc2cccc(C4CCOCC4)c2)n3C)ccn1. The van der Waals surface area contributed by atoms with Gasteiger partial charge in [0.15, 0.2) is 0 Å². The standard InChI is InChI=1S/C26H27N5O3/c1-17(32)28-25-16-22(8-11-27-25)34-21-6-7-24-23(15-21)30-26(31(24)2)29-20-5-3-4-19(14-20)18-9-12-33-13-10-18/h3-8,11,14-16,18H,9-10,12-13H2,1-2H3,(H,29,30)(H,27,28,32). The first kappa shape index (κ1) is 21.9. The molecule has 1 aliphatic rings. The number of pyridine rings is 1. The largest absolute Gasteiger partial charge is 0.457 e. The van der Waals surface area contributed by atoms with Gasteiger partial charge in [0.25, 0.3) is 0 Å². The molecule has 0 radical (unpaired) electrons. The third-order valence-corrected chi connectivity index (χ3v) is 5.96. The van der Waals surface area contributed by atoms with Gasteiger partial charge in [-0.15, -0.1) is 0 Å². The van der Waals surface area contributed by atoms with E-state index in [0.717, 1.165) is 48.7 Å². The van der Waals surface area contributed by atoms with Gasteiger partial charge in [0.2, 0.25) is 11.9 Å². The van der Waals surface area contributed by atoms with Gasteiger partial charge < -0.3 is 24.7 Å². The van der Waals surface area contributed by atoms with E-state index in [9.17, 15) is 4.79 Å². The molecule has 4 aromatic rings. The van der Waals surface area contributed by atoms with Crippen molar-refractivity contribution in [2.45, 2.75) is 25.7 Å². The van der Waals surface area contributed by atoms with E-state index in [2.05, 4.69) is 39.9 Å². The van der Waals surface area contributed by atoms with E-state index in [1.165, 1.54) is 12.5 Å². The van der Waals surface area contributed by atoms with Gasteiger partial charge in [0.05, 0.1) is 11.0 Å². The normalized spacial score (nSPS) is 14.2. The second-order valence-electron chi connectivity index (χ2n) is 8.44. The molecule has 3 heterocycles. The molecule has 0 unspecified atom stereocenters. The summed E-state index contributed by atoms with van der Waals surface area (Å²) >= 11 is 0. The third-order valence-electron chi connectivity index (χ3n) is 5.96. The molecule has 5 rings (SSSR count). The van der Waals surface area contributed by atoms with Crippen LogP contribution in [-0.2, 0) is 16.6 Å². The van der Waals surface area contributed by atoms with Gasteiger partial charge in [-0.1, -0.05) is 12.1 Å². The summed E-state index contributed by atoms with van der Waals surface area (Å²) in [5.41, 5.74) is 4.16. The van der Waals surface area contributed by atoms with E-state index < -0.39 is 0 Å². The van der Waals surface area contributed by atoms with Crippen LogP contribution >= 0.6 is 0 Å². The smallest absolute Gasteiger partial charge is 0.222 e. The van der Waals surface area contributed by atoms with E-state index in [-0.39, 0.29) is 5.91 Å². The lowest BCUT2D eigenvalue weighted by molar-refractivity contribution is -0.114. The molecule has 174 valence electrons. The Labute approximate surface area is 197 Å². The van der Waals surface area contributed by atoms with E-state index in [4.69, 9.17) is 14.5 Å². The van der Waals surface area contributed by atoms with Gasteiger partial charge in [-0.3, -0.25) is 4.79 Å². The molecular weight excluding hydrogens is 430 g/mol. The van der Waals surface area contributed by atoms with Crippen molar-refractivity contribution in [1.82, 2.24) is 14.5 Å². The van der Waals surface area contributed by atoms with E-state index in [1.54, 1.807) is 18.3 Å². The highest BCUT2D eigenvalue weighted by Gasteiger charge is 2.16. The Morgan fingerprint density at radius 2 is 1.91 bits per heavy atom. The zero-order valence-electron chi connectivity index (χ0n) is 19.2. The fourth-order valence-corrected chi connectivity index (χ4v) is 4.24. The Hall–Kier alpha value is -3.91. The number of hydrogen-bond donors (Lipinski definition) is 2. The number of carbonyl (C=O) groups is 1. The molecule has 2 aromatic carbocycles. The zero-order valence-corrected chi connectivity index (χ0v) is 19.2. The van der Waals surface area contributed by atoms with Crippen LogP contribution in [0, 0.1) is 0 Å². The minimum Gasteiger partial charge on any atom is -0.457 e. The van der Waals surface area contributed by atoms with Crippen molar-refractivity contribution in [2.75, 3.05) is 23.8 Å². The number of aromatic nitrogens is 3. The van der Waals surface area contributed by atoms with Crippen molar-refractivity contribution in [3.63, 3.8) is 0 Å². The summed E-state index contributed by atoms with van der Waals surface area (Å²) < 4.78 is 13.5. The van der Waals surface area contributed by atoms with Crippen molar-refractivity contribution >= 4 is 34.4 Å². The Bertz CT molecular complexity index is 1330. The summed E-state index contributed by atoms with van der Waals surface area (Å²) in [6.07, 6.45) is 3.71. The molecule has 0 atom stereocenters. The molecule has 0 bridgehead atoms. The van der Waals surface area contributed by atoms with Crippen LogP contribution in [0.5, 0.6) is 11.5 Å². The maximum absolute atomic E-state index is 11.3. The number of amides is 1. The zero-order chi connectivity index (χ0) is 23.5. The van der Waals surface area contributed by atoms with Gasteiger partial charge in [0, 0.05) is 51.2 Å². The summed E-state index contributed by atoms with van der Waals surface area (Å²) in [6.45, 7) is 3.09. The number of benzene rings is 2. The van der Waals surface area contributed by atoms with E-state index in [1.807, 2.05) is 29.8 Å². The predicted octanol–water partition coefficient (Wildman–Crippen LogP) is 5.36. The van der Waals surface area contributed by atoms with Gasteiger partial charge in [-0.25, -0.2) is 9.97 Å². The third kappa shape index (κ3) is 4.87. The molecule has 2 aromatic heterocycles. The molecule has 8 heteroatoms. The molecule has 2 N–H and O–H groups in total. The maximum atomic E-state index is 11.3. The maximum Gasteiger partial charge on any atom is 0.222 e. The van der Waals surface area contributed by atoms with Crippen molar-refractivity contribution in [3.8, 4) is 11.5 Å². The first-order valence-electron chi connectivity index (χ1n) is 11.4. The van der Waals surface area contributed by atoms with Gasteiger partial charge >= 0.3 is 0 Å². The van der Waals surface area contributed by atoms with Gasteiger partial charge in [-0.2, -0.15) is 0 Å². The summed E-state index contributed by atoms with van der Waals surface area (Å²) in [4.78, 5) is 20.2. The fraction of sp³-hybridized carbons (Fsp3) is 0.269. The van der Waals surface area contributed by atoms with Gasteiger partial charge in [-0.05, 0) is 54.7 Å². The number of nitrogens with one attached hydrogen (secondary N) is 2. The number of carbonyl (C=O) groups excluding carboxylic acids is 1. The predicted molar refractivity (Wildman–Crippen MR) is 132 cm³/mol. The van der Waals surface area contributed by atoms with Crippen molar-refractivity contribution in [1.29, 1.82) is 0 Å². The van der Waals surface area contributed by atoms with E-state index in [0.29, 0.717) is 23.2 Å². The molecule has 8 nitrogen and oxygen atoms in total.